The topological polar surface area (TPSA) is 131 Å². The van der Waals surface area contributed by atoms with Gasteiger partial charge in [-0.1, -0.05) is 42.8 Å². The van der Waals surface area contributed by atoms with Gasteiger partial charge in [0.05, 0.1) is 19.7 Å². The predicted molar refractivity (Wildman–Crippen MR) is 126 cm³/mol. The number of carboxylic acids is 1. The molecule has 1 atom stereocenters. The lowest BCUT2D eigenvalue weighted by atomic mass is 10.0. The highest BCUT2D eigenvalue weighted by atomic mass is 35.5. The van der Waals surface area contributed by atoms with E-state index >= 15 is 0 Å². The van der Waals surface area contributed by atoms with Crippen molar-refractivity contribution in [3.8, 4) is 17.0 Å². The molecule has 1 heterocycles. The number of hydrogen-bond donors (Lipinski definition) is 2. The molecule has 12 heteroatoms. The summed E-state index contributed by atoms with van der Waals surface area (Å²) in [6, 6.07) is 12.2. The van der Waals surface area contributed by atoms with Crippen molar-refractivity contribution >= 4 is 29.4 Å². The fourth-order valence-corrected chi connectivity index (χ4v) is 3.32. The number of aromatic nitrogens is 1. The first-order valence-electron chi connectivity index (χ1n) is 10.7. The highest BCUT2D eigenvalue weighted by molar-refractivity contribution is 6.30. The lowest BCUT2D eigenvalue weighted by Crippen LogP contribution is -2.48. The van der Waals surface area contributed by atoms with Gasteiger partial charge in [0, 0.05) is 23.6 Å². The maximum absolute atomic E-state index is 14.2. The van der Waals surface area contributed by atoms with E-state index in [4.69, 9.17) is 25.6 Å². The second-order valence-corrected chi connectivity index (χ2v) is 7.98. The normalized spacial score (nSPS) is 11.7. The standard InChI is InChI=1S/C24H23ClFN3O7/c1-3-22(30)35-20(24(32)33)13-29(27-23(31)19-11-21(34-2)28-36-19)12-14-4-6-15(7-5-14)17-10-16(25)8-9-18(17)26/h4-11,20H,3,12-13H2,1-2H3,(H,27,31)(H,32,33). The number of carbonyl (C=O) groups excluding carboxylic acids is 2. The number of hydrogen-bond acceptors (Lipinski definition) is 8. The zero-order valence-electron chi connectivity index (χ0n) is 19.4. The van der Waals surface area contributed by atoms with Crippen LogP contribution >= 0.6 is 11.6 Å². The summed E-state index contributed by atoms with van der Waals surface area (Å²) in [4.78, 5) is 36.1. The number of carboxylic acid groups (broad SMARTS) is 1. The predicted octanol–water partition coefficient (Wildman–Crippen LogP) is 3.70. The molecule has 2 N–H and O–H groups in total. The summed E-state index contributed by atoms with van der Waals surface area (Å²) >= 11 is 5.98. The van der Waals surface area contributed by atoms with E-state index in [1.54, 1.807) is 24.3 Å². The molecular weight excluding hydrogens is 497 g/mol. The van der Waals surface area contributed by atoms with Gasteiger partial charge in [-0.25, -0.2) is 14.2 Å². The first kappa shape index (κ1) is 26.6. The number of esters is 1. The van der Waals surface area contributed by atoms with Gasteiger partial charge in [-0.15, -0.1) is 0 Å². The van der Waals surface area contributed by atoms with Crippen LogP contribution in [0.4, 0.5) is 4.39 Å². The molecule has 0 saturated carbocycles. The monoisotopic (exact) mass is 519 g/mol. The molecule has 0 saturated heterocycles. The summed E-state index contributed by atoms with van der Waals surface area (Å²) in [5.41, 5.74) is 4.06. The van der Waals surface area contributed by atoms with E-state index in [-0.39, 0.29) is 31.2 Å². The molecule has 1 amide bonds. The second-order valence-electron chi connectivity index (χ2n) is 7.55. The van der Waals surface area contributed by atoms with Crippen LogP contribution in [0.5, 0.6) is 5.88 Å². The summed E-state index contributed by atoms with van der Waals surface area (Å²) in [5, 5.41) is 14.7. The number of methoxy groups -OCH3 is 1. The number of rotatable bonds is 11. The molecule has 3 aromatic rings. The molecule has 0 aliphatic carbocycles. The number of aliphatic carboxylic acids is 1. The highest BCUT2D eigenvalue weighted by Crippen LogP contribution is 2.26. The number of amides is 1. The zero-order chi connectivity index (χ0) is 26.2. The number of nitrogens with one attached hydrogen (secondary N) is 1. The van der Waals surface area contributed by atoms with Crippen LogP contribution in [0, 0.1) is 5.82 Å². The van der Waals surface area contributed by atoms with Gasteiger partial charge in [-0.05, 0) is 34.5 Å². The average molecular weight is 520 g/mol. The van der Waals surface area contributed by atoms with Crippen molar-refractivity contribution in [2.75, 3.05) is 13.7 Å². The Labute approximate surface area is 210 Å². The number of ether oxygens (including phenoxy) is 2. The van der Waals surface area contributed by atoms with Crippen molar-refractivity contribution in [3.05, 3.63) is 70.7 Å². The molecule has 0 fully saturated rings. The molecule has 0 aliphatic rings. The van der Waals surface area contributed by atoms with Crippen LogP contribution in [0.3, 0.4) is 0 Å². The average Bonchev–Trinajstić information content (AvgIpc) is 3.35. The van der Waals surface area contributed by atoms with E-state index < -0.39 is 29.8 Å². The minimum absolute atomic E-state index is 0.0166. The Morgan fingerprint density at radius 2 is 1.92 bits per heavy atom. The maximum atomic E-state index is 14.2. The molecule has 0 bridgehead atoms. The van der Waals surface area contributed by atoms with Gasteiger partial charge in [0.25, 0.3) is 5.88 Å². The second kappa shape index (κ2) is 12.1. The maximum Gasteiger partial charge on any atom is 0.346 e. The van der Waals surface area contributed by atoms with Gasteiger partial charge in [0.2, 0.25) is 11.9 Å². The van der Waals surface area contributed by atoms with Gasteiger partial charge >= 0.3 is 17.8 Å². The smallest absolute Gasteiger partial charge is 0.346 e. The summed E-state index contributed by atoms with van der Waals surface area (Å²) in [6.45, 7) is 1.17. The summed E-state index contributed by atoms with van der Waals surface area (Å²) < 4.78 is 29.0. The fraction of sp³-hybridized carbons (Fsp3) is 0.250. The fourth-order valence-electron chi connectivity index (χ4n) is 3.15. The van der Waals surface area contributed by atoms with Gasteiger partial charge in [-0.3, -0.25) is 15.0 Å². The van der Waals surface area contributed by atoms with Crippen molar-refractivity contribution in [2.45, 2.75) is 26.0 Å². The van der Waals surface area contributed by atoms with Crippen molar-refractivity contribution in [1.29, 1.82) is 0 Å². The Hall–Kier alpha value is -3.96. The van der Waals surface area contributed by atoms with E-state index in [0.29, 0.717) is 21.7 Å². The van der Waals surface area contributed by atoms with Crippen LogP contribution in [0.2, 0.25) is 5.02 Å². The third-order valence-corrected chi connectivity index (χ3v) is 5.21. The number of halogens is 2. The molecule has 0 aliphatic heterocycles. The SMILES string of the molecule is CCC(=O)OC(CN(Cc1ccc(-c2cc(Cl)ccc2F)cc1)NC(=O)c1cc(OC)no1)C(=O)O. The van der Waals surface area contributed by atoms with Gasteiger partial charge in [0.1, 0.15) is 5.82 Å². The van der Waals surface area contributed by atoms with Crippen molar-refractivity contribution in [1.82, 2.24) is 15.6 Å². The Balaban J connectivity index is 1.82. The summed E-state index contributed by atoms with van der Waals surface area (Å²) in [6.07, 6.45) is -1.57. The molecule has 190 valence electrons. The van der Waals surface area contributed by atoms with E-state index in [1.165, 1.54) is 43.3 Å². The summed E-state index contributed by atoms with van der Waals surface area (Å²) in [7, 11) is 1.35. The molecule has 0 radical (unpaired) electrons. The number of benzene rings is 2. The molecule has 2 aromatic carbocycles. The molecule has 3 rings (SSSR count). The van der Waals surface area contributed by atoms with E-state index in [2.05, 4.69) is 10.6 Å². The summed E-state index contributed by atoms with van der Waals surface area (Å²) in [5.74, 6) is -3.36. The Bertz CT molecular complexity index is 1230. The molecular formula is C24H23ClFN3O7. The lowest BCUT2D eigenvalue weighted by molar-refractivity contribution is -0.165. The lowest BCUT2D eigenvalue weighted by Gasteiger charge is -2.25. The van der Waals surface area contributed by atoms with Crippen LogP contribution < -0.4 is 10.2 Å². The first-order chi connectivity index (χ1) is 17.2. The van der Waals surface area contributed by atoms with E-state index in [0.717, 1.165) is 0 Å². The number of hydrazine groups is 1. The molecule has 0 spiro atoms. The van der Waals surface area contributed by atoms with Crippen LogP contribution in [-0.4, -0.2) is 52.9 Å². The van der Waals surface area contributed by atoms with E-state index in [1.807, 2.05) is 0 Å². The minimum Gasteiger partial charge on any atom is -0.479 e. The molecule has 36 heavy (non-hydrogen) atoms. The first-order valence-corrected chi connectivity index (χ1v) is 11.1. The molecule has 1 unspecified atom stereocenters. The highest BCUT2D eigenvalue weighted by Gasteiger charge is 2.27. The molecule has 10 nitrogen and oxygen atoms in total. The van der Waals surface area contributed by atoms with Crippen molar-refractivity contribution in [2.24, 2.45) is 0 Å². The third-order valence-electron chi connectivity index (χ3n) is 4.97. The van der Waals surface area contributed by atoms with Crippen LogP contribution in [-0.2, 0) is 20.9 Å². The van der Waals surface area contributed by atoms with Gasteiger partial charge in [-0.2, -0.15) is 0 Å². The minimum atomic E-state index is -1.55. The van der Waals surface area contributed by atoms with Crippen LogP contribution in [0.25, 0.3) is 11.1 Å². The van der Waals surface area contributed by atoms with Gasteiger partial charge in [0.15, 0.2) is 0 Å². The van der Waals surface area contributed by atoms with Crippen LogP contribution in [0.1, 0.15) is 29.5 Å². The van der Waals surface area contributed by atoms with Crippen LogP contribution in [0.15, 0.2) is 53.1 Å². The Morgan fingerprint density at radius 3 is 2.53 bits per heavy atom. The molecule has 1 aromatic heterocycles. The Kier molecular flexibility index (Phi) is 8.98. The van der Waals surface area contributed by atoms with Crippen molar-refractivity contribution < 1.29 is 37.9 Å². The van der Waals surface area contributed by atoms with Crippen molar-refractivity contribution in [3.63, 3.8) is 0 Å². The third kappa shape index (κ3) is 7.03. The number of nitrogens with zero attached hydrogens (tertiary/aromatic N) is 2. The van der Waals surface area contributed by atoms with Gasteiger partial charge < -0.3 is 19.1 Å². The quantitative estimate of drug-likeness (QED) is 0.287. The zero-order valence-corrected chi connectivity index (χ0v) is 20.1. The largest absolute Gasteiger partial charge is 0.479 e. The van der Waals surface area contributed by atoms with E-state index in [9.17, 15) is 23.9 Å². The Morgan fingerprint density at radius 1 is 1.19 bits per heavy atom. The number of carbonyl (C=O) groups is 3.